The topological polar surface area (TPSA) is 17.4 Å². The Kier molecular flexibility index (Phi) is 6.93. The van der Waals surface area contributed by atoms with Gasteiger partial charge in [0.15, 0.2) is 11.5 Å². The fraction of sp³-hybridized carbons (Fsp3) is 0. The van der Waals surface area contributed by atoms with Gasteiger partial charge in [-0.25, -0.2) is 0 Å². The van der Waals surface area contributed by atoms with Gasteiger partial charge in [0.2, 0.25) is 0 Å². The van der Waals surface area contributed by atoms with Crippen LogP contribution < -0.4 is 9.64 Å². The first kappa shape index (κ1) is 31.7. The highest BCUT2D eigenvalue weighted by atomic mass is 16.5. The van der Waals surface area contributed by atoms with E-state index in [1.165, 1.54) is 59.7 Å². The molecule has 2 heterocycles. The van der Waals surface area contributed by atoms with Gasteiger partial charge in [0.05, 0.1) is 22.4 Å². The second-order valence-electron chi connectivity index (χ2n) is 14.9. The highest BCUT2D eigenvalue weighted by Gasteiger charge is 2.26. The molecule has 1 aliphatic rings. The number of nitrogens with zero attached hydrogens (tertiary/aromatic N) is 2. The lowest BCUT2D eigenvalue weighted by atomic mass is 9.97. The van der Waals surface area contributed by atoms with E-state index in [4.69, 9.17) is 4.74 Å². The van der Waals surface area contributed by atoms with Crippen LogP contribution in [-0.4, -0.2) is 4.57 Å². The predicted octanol–water partition coefficient (Wildman–Crippen LogP) is 15.2. The molecule has 10 aromatic carbocycles. The van der Waals surface area contributed by atoms with Crippen LogP contribution >= 0.6 is 0 Å². The van der Waals surface area contributed by atoms with Crippen molar-refractivity contribution in [2.45, 2.75) is 0 Å². The Hall–Kier alpha value is -7.62. The third-order valence-electron chi connectivity index (χ3n) is 11.8. The summed E-state index contributed by atoms with van der Waals surface area (Å²) in [6.45, 7) is 0. The molecule has 1 aliphatic heterocycles. The molecule has 0 unspecified atom stereocenters. The van der Waals surface area contributed by atoms with E-state index in [1.807, 2.05) is 6.07 Å². The Balaban J connectivity index is 1.03. The molecule has 0 radical (unpaired) electrons. The molecule has 0 saturated carbocycles. The molecule has 3 heteroatoms. The summed E-state index contributed by atoms with van der Waals surface area (Å²) in [5.74, 6) is 1.74. The summed E-state index contributed by atoms with van der Waals surface area (Å²) < 4.78 is 9.18. The van der Waals surface area contributed by atoms with Crippen molar-refractivity contribution < 1.29 is 4.74 Å². The summed E-state index contributed by atoms with van der Waals surface area (Å²) >= 11 is 0. The lowest BCUT2D eigenvalue weighted by Gasteiger charge is -2.28. The van der Waals surface area contributed by atoms with E-state index in [0.717, 1.165) is 50.9 Å². The van der Waals surface area contributed by atoms with E-state index in [0.29, 0.717) is 0 Å². The zero-order chi connectivity index (χ0) is 37.5. The molecule has 0 amide bonds. The molecule has 0 N–H and O–H groups in total. The highest BCUT2D eigenvalue weighted by molar-refractivity contribution is 6.15. The Morgan fingerprint density at radius 2 is 0.982 bits per heavy atom. The monoisotopic (exact) mass is 726 g/mol. The van der Waals surface area contributed by atoms with Crippen molar-refractivity contribution in [3.63, 3.8) is 0 Å². The van der Waals surface area contributed by atoms with Gasteiger partial charge in [-0.1, -0.05) is 152 Å². The minimum Gasteiger partial charge on any atom is -0.452 e. The molecule has 57 heavy (non-hydrogen) atoms. The van der Waals surface area contributed by atoms with Crippen molar-refractivity contribution in [3.05, 3.63) is 206 Å². The van der Waals surface area contributed by atoms with Gasteiger partial charge in [-0.05, 0) is 98.2 Å². The Morgan fingerprint density at radius 1 is 0.386 bits per heavy atom. The van der Waals surface area contributed by atoms with Crippen LogP contribution in [0.15, 0.2) is 206 Å². The Morgan fingerprint density at radius 3 is 1.77 bits per heavy atom. The van der Waals surface area contributed by atoms with Crippen LogP contribution in [0.1, 0.15) is 0 Å². The lowest BCUT2D eigenvalue weighted by molar-refractivity contribution is 0.478. The fourth-order valence-corrected chi connectivity index (χ4v) is 9.15. The first-order valence-corrected chi connectivity index (χ1v) is 19.5. The van der Waals surface area contributed by atoms with Gasteiger partial charge < -0.3 is 14.2 Å². The average Bonchev–Trinajstić information content (AvgIpc) is 3.62. The van der Waals surface area contributed by atoms with Gasteiger partial charge in [-0.2, -0.15) is 0 Å². The zero-order valence-corrected chi connectivity index (χ0v) is 30.9. The van der Waals surface area contributed by atoms with Crippen LogP contribution in [0.5, 0.6) is 11.5 Å². The summed E-state index contributed by atoms with van der Waals surface area (Å²) in [5.41, 5.74) is 11.2. The van der Waals surface area contributed by atoms with Crippen LogP contribution in [0.3, 0.4) is 0 Å². The molecule has 1 aromatic heterocycles. The number of hydrogen-bond acceptors (Lipinski definition) is 2. The second kappa shape index (κ2) is 12.5. The van der Waals surface area contributed by atoms with Gasteiger partial charge in [0.1, 0.15) is 0 Å². The molecular formula is C54H34N2O. The first-order chi connectivity index (χ1) is 28.3. The molecule has 3 nitrogen and oxygen atoms in total. The van der Waals surface area contributed by atoms with Gasteiger partial charge >= 0.3 is 0 Å². The molecule has 0 fully saturated rings. The molecule has 0 spiro atoms. The number of rotatable bonds is 5. The van der Waals surface area contributed by atoms with Crippen molar-refractivity contribution in [2.24, 2.45) is 0 Å². The number of hydrogen-bond donors (Lipinski definition) is 0. The molecule has 0 saturated heterocycles. The van der Waals surface area contributed by atoms with Crippen molar-refractivity contribution in [1.29, 1.82) is 0 Å². The average molecular weight is 727 g/mol. The number of ether oxygens (including phenoxy) is 1. The molecule has 0 aliphatic carbocycles. The number of para-hydroxylation sites is 3. The summed E-state index contributed by atoms with van der Waals surface area (Å²) in [5, 5.41) is 9.81. The van der Waals surface area contributed by atoms with Gasteiger partial charge in [0.25, 0.3) is 0 Å². The summed E-state index contributed by atoms with van der Waals surface area (Å²) in [4.78, 5) is 2.41. The number of anilines is 3. The summed E-state index contributed by atoms with van der Waals surface area (Å²) in [6, 6.07) is 74.5. The normalized spacial score (nSPS) is 12.0. The SMILES string of the molecule is c1ccc2c(c1)Oc1c(-c3ccc(N(c4ccc(-c5cccc6ccccc56)cc4)c4cc5ccccc5c5ccccc45)cc3)ccc3c4ccccc4n-2c13. The Labute approximate surface area is 329 Å². The summed E-state index contributed by atoms with van der Waals surface area (Å²) in [6.07, 6.45) is 0. The van der Waals surface area contributed by atoms with E-state index in [1.54, 1.807) is 0 Å². The van der Waals surface area contributed by atoms with Gasteiger partial charge in [-0.15, -0.1) is 0 Å². The minimum atomic E-state index is 0.859. The van der Waals surface area contributed by atoms with Crippen LogP contribution in [0, 0.1) is 0 Å². The van der Waals surface area contributed by atoms with E-state index in [-0.39, 0.29) is 0 Å². The van der Waals surface area contributed by atoms with E-state index < -0.39 is 0 Å². The third kappa shape index (κ3) is 4.86. The minimum absolute atomic E-state index is 0.859. The third-order valence-corrected chi connectivity index (χ3v) is 11.8. The molecule has 0 atom stereocenters. The largest absolute Gasteiger partial charge is 0.452 e. The van der Waals surface area contributed by atoms with Crippen LogP contribution in [0.2, 0.25) is 0 Å². The van der Waals surface area contributed by atoms with Crippen molar-refractivity contribution >= 4 is 71.2 Å². The first-order valence-electron chi connectivity index (χ1n) is 19.5. The van der Waals surface area contributed by atoms with Crippen LogP contribution in [0.25, 0.3) is 82.1 Å². The quantitative estimate of drug-likeness (QED) is 0.164. The van der Waals surface area contributed by atoms with Crippen LogP contribution in [0.4, 0.5) is 17.1 Å². The Bertz CT molecular complexity index is 3370. The van der Waals surface area contributed by atoms with Crippen molar-refractivity contribution in [1.82, 2.24) is 4.57 Å². The highest BCUT2D eigenvalue weighted by Crippen LogP contribution is 2.50. The lowest BCUT2D eigenvalue weighted by Crippen LogP contribution is -2.10. The standard InChI is InChI=1S/C54H34N2O/c1-3-15-41-35(12-1)14-11-20-42(41)36-24-28-39(29-25-36)55(51-34-38-13-2-4-16-43(38)45-17-5-6-18-46(45)51)40-30-26-37(27-31-40)44-32-33-48-47-19-7-8-21-49(47)56-50-22-9-10-23-52(50)57-54(44)53(48)56/h1-34H. The summed E-state index contributed by atoms with van der Waals surface area (Å²) in [7, 11) is 0. The van der Waals surface area contributed by atoms with E-state index in [9.17, 15) is 0 Å². The molecule has 11 aromatic rings. The smallest absolute Gasteiger partial charge is 0.160 e. The van der Waals surface area contributed by atoms with Crippen molar-refractivity contribution in [2.75, 3.05) is 4.90 Å². The molecule has 12 rings (SSSR count). The van der Waals surface area contributed by atoms with Gasteiger partial charge in [0, 0.05) is 33.1 Å². The van der Waals surface area contributed by atoms with E-state index >= 15 is 0 Å². The number of aromatic nitrogens is 1. The maximum absolute atomic E-state index is 6.81. The van der Waals surface area contributed by atoms with Crippen molar-refractivity contribution in [3.8, 4) is 39.4 Å². The van der Waals surface area contributed by atoms with Crippen LogP contribution in [-0.2, 0) is 0 Å². The molecule has 266 valence electrons. The van der Waals surface area contributed by atoms with E-state index in [2.05, 4.69) is 210 Å². The maximum atomic E-state index is 6.81. The maximum Gasteiger partial charge on any atom is 0.160 e. The fourth-order valence-electron chi connectivity index (χ4n) is 9.15. The van der Waals surface area contributed by atoms with Gasteiger partial charge in [-0.3, -0.25) is 0 Å². The molecule has 0 bridgehead atoms. The second-order valence-corrected chi connectivity index (χ2v) is 14.9. The zero-order valence-electron chi connectivity index (χ0n) is 30.9. The number of benzene rings is 10. The number of fused-ring (bicyclic) bond motifs is 9. The predicted molar refractivity (Wildman–Crippen MR) is 239 cm³/mol. The molecular weight excluding hydrogens is 693 g/mol.